The minimum atomic E-state index is 0.143. The summed E-state index contributed by atoms with van der Waals surface area (Å²) < 4.78 is 5.30. The minimum Gasteiger partial charge on any atom is -0.375 e. The van der Waals surface area contributed by atoms with Gasteiger partial charge in [-0.2, -0.15) is 0 Å². The fraction of sp³-hybridized carbons (Fsp3) is 1.00. The molecule has 1 saturated heterocycles. The molecule has 2 atom stereocenters. The van der Waals surface area contributed by atoms with Crippen LogP contribution in [0.5, 0.6) is 0 Å². The van der Waals surface area contributed by atoms with Crippen molar-refractivity contribution < 1.29 is 4.74 Å². The molecule has 2 unspecified atom stereocenters. The number of nitrogens with two attached hydrogens (primary N) is 1. The summed E-state index contributed by atoms with van der Waals surface area (Å²) in [5, 5.41) is 4.11. The molecule has 2 N–H and O–H groups in total. The Kier molecular flexibility index (Phi) is 2.45. The van der Waals surface area contributed by atoms with Crippen LogP contribution in [0.1, 0.15) is 6.92 Å². The van der Waals surface area contributed by atoms with Gasteiger partial charge in [0.25, 0.3) is 0 Å². The SMILES string of the molecule is CCOC1C[N]CC1N. The maximum Gasteiger partial charge on any atom is 0.0879 e. The molecule has 1 heterocycles. The lowest BCUT2D eigenvalue weighted by Gasteiger charge is -2.12. The van der Waals surface area contributed by atoms with E-state index in [-0.39, 0.29) is 12.1 Å². The monoisotopic (exact) mass is 129 g/mol. The van der Waals surface area contributed by atoms with Crippen LogP contribution in [0.15, 0.2) is 0 Å². The third-order valence-corrected chi connectivity index (χ3v) is 1.51. The van der Waals surface area contributed by atoms with E-state index in [4.69, 9.17) is 10.5 Å². The summed E-state index contributed by atoms with van der Waals surface area (Å²) in [4.78, 5) is 0. The van der Waals surface area contributed by atoms with Crippen LogP contribution in [0.25, 0.3) is 0 Å². The number of nitrogens with zero attached hydrogens (tertiary/aromatic N) is 1. The molecule has 0 saturated carbocycles. The second kappa shape index (κ2) is 3.15. The maximum absolute atomic E-state index is 5.65. The average molecular weight is 129 g/mol. The number of hydrogen-bond acceptors (Lipinski definition) is 2. The topological polar surface area (TPSA) is 49.4 Å². The summed E-state index contributed by atoms with van der Waals surface area (Å²) in [5.74, 6) is 0. The summed E-state index contributed by atoms with van der Waals surface area (Å²) in [6, 6.07) is 0.143. The van der Waals surface area contributed by atoms with E-state index in [1.807, 2.05) is 6.92 Å². The van der Waals surface area contributed by atoms with Gasteiger partial charge in [-0.3, -0.25) is 0 Å². The minimum absolute atomic E-state index is 0.143. The highest BCUT2D eigenvalue weighted by Crippen LogP contribution is 2.02. The van der Waals surface area contributed by atoms with Crippen LogP contribution in [0.3, 0.4) is 0 Å². The molecule has 53 valence electrons. The van der Waals surface area contributed by atoms with Crippen LogP contribution in [0.4, 0.5) is 0 Å². The first kappa shape index (κ1) is 6.99. The Bertz CT molecular complexity index is 87.1. The Morgan fingerprint density at radius 1 is 1.67 bits per heavy atom. The smallest absolute Gasteiger partial charge is 0.0879 e. The van der Waals surface area contributed by atoms with Gasteiger partial charge in [-0.15, -0.1) is 0 Å². The van der Waals surface area contributed by atoms with Crippen LogP contribution in [-0.2, 0) is 4.74 Å². The number of ether oxygens (including phenoxy) is 1. The van der Waals surface area contributed by atoms with E-state index in [0.717, 1.165) is 19.7 Å². The van der Waals surface area contributed by atoms with Gasteiger partial charge in [-0.05, 0) is 6.92 Å². The fourth-order valence-electron chi connectivity index (χ4n) is 0.994. The Balaban J connectivity index is 2.22. The molecule has 0 spiro atoms. The zero-order valence-electron chi connectivity index (χ0n) is 5.71. The summed E-state index contributed by atoms with van der Waals surface area (Å²) in [5.41, 5.74) is 5.65. The van der Waals surface area contributed by atoms with Crippen molar-refractivity contribution in [3.63, 3.8) is 0 Å². The largest absolute Gasteiger partial charge is 0.375 e. The second-order valence-corrected chi connectivity index (χ2v) is 2.25. The Morgan fingerprint density at radius 3 is 2.89 bits per heavy atom. The van der Waals surface area contributed by atoms with Crippen molar-refractivity contribution >= 4 is 0 Å². The average Bonchev–Trinajstić information content (AvgIpc) is 2.18. The van der Waals surface area contributed by atoms with Gasteiger partial charge in [0.15, 0.2) is 0 Å². The van der Waals surface area contributed by atoms with Crippen molar-refractivity contribution in [2.75, 3.05) is 19.7 Å². The lowest BCUT2D eigenvalue weighted by molar-refractivity contribution is 0.0669. The van der Waals surface area contributed by atoms with Gasteiger partial charge >= 0.3 is 0 Å². The fourth-order valence-corrected chi connectivity index (χ4v) is 0.994. The number of rotatable bonds is 2. The summed E-state index contributed by atoms with van der Waals surface area (Å²) in [6.45, 7) is 4.28. The number of hydrogen-bond donors (Lipinski definition) is 1. The van der Waals surface area contributed by atoms with Crippen LogP contribution < -0.4 is 11.1 Å². The lowest BCUT2D eigenvalue weighted by Crippen LogP contribution is -2.35. The predicted molar refractivity (Wildman–Crippen MR) is 35.3 cm³/mol. The summed E-state index contributed by atoms with van der Waals surface area (Å²) >= 11 is 0. The first-order chi connectivity index (χ1) is 4.34. The molecule has 1 aliphatic rings. The molecule has 0 aromatic carbocycles. The van der Waals surface area contributed by atoms with Crippen molar-refractivity contribution in [2.24, 2.45) is 5.73 Å². The molecule has 0 aromatic heterocycles. The third-order valence-electron chi connectivity index (χ3n) is 1.51. The molecular formula is C6H13N2O. The van der Waals surface area contributed by atoms with Crippen LogP contribution in [-0.4, -0.2) is 31.8 Å². The Hall–Kier alpha value is -0.120. The summed E-state index contributed by atoms with van der Waals surface area (Å²) in [6.07, 6.45) is 0.190. The molecule has 0 aromatic rings. The molecule has 3 nitrogen and oxygen atoms in total. The van der Waals surface area contributed by atoms with Crippen molar-refractivity contribution in [1.29, 1.82) is 0 Å². The lowest BCUT2D eigenvalue weighted by atomic mass is 10.2. The standard InChI is InChI=1S/C6H13N2O/c1-2-9-6-4-8-3-5(6)7/h5-6H,2-4,7H2,1H3. The molecule has 0 aliphatic carbocycles. The molecule has 0 amide bonds. The van der Waals surface area contributed by atoms with Gasteiger partial charge in [0, 0.05) is 25.7 Å². The van der Waals surface area contributed by atoms with E-state index in [0.29, 0.717) is 0 Å². The predicted octanol–water partition coefficient (Wildman–Crippen LogP) is -0.663. The van der Waals surface area contributed by atoms with E-state index < -0.39 is 0 Å². The van der Waals surface area contributed by atoms with Crippen molar-refractivity contribution in [1.82, 2.24) is 5.32 Å². The molecule has 3 heteroatoms. The Labute approximate surface area is 55.6 Å². The van der Waals surface area contributed by atoms with Crippen molar-refractivity contribution in [3.8, 4) is 0 Å². The van der Waals surface area contributed by atoms with E-state index in [1.54, 1.807) is 0 Å². The van der Waals surface area contributed by atoms with Gasteiger partial charge in [0.05, 0.1) is 6.10 Å². The molecule has 0 bridgehead atoms. The molecule has 1 aliphatic heterocycles. The highest BCUT2D eigenvalue weighted by Gasteiger charge is 2.24. The maximum atomic E-state index is 5.65. The third kappa shape index (κ3) is 1.64. The van der Waals surface area contributed by atoms with E-state index in [1.165, 1.54) is 0 Å². The van der Waals surface area contributed by atoms with Crippen molar-refractivity contribution in [3.05, 3.63) is 0 Å². The van der Waals surface area contributed by atoms with E-state index in [2.05, 4.69) is 5.32 Å². The first-order valence-corrected chi connectivity index (χ1v) is 3.35. The van der Waals surface area contributed by atoms with Gasteiger partial charge in [-0.25, -0.2) is 5.32 Å². The van der Waals surface area contributed by atoms with Gasteiger partial charge in [-0.1, -0.05) is 0 Å². The zero-order valence-corrected chi connectivity index (χ0v) is 5.71. The quantitative estimate of drug-likeness (QED) is 0.538. The highest BCUT2D eigenvalue weighted by molar-refractivity contribution is 4.84. The molecule has 1 radical (unpaired) electrons. The molecular weight excluding hydrogens is 116 g/mol. The normalized spacial score (nSPS) is 35.3. The van der Waals surface area contributed by atoms with E-state index in [9.17, 15) is 0 Å². The van der Waals surface area contributed by atoms with Crippen LogP contribution >= 0.6 is 0 Å². The van der Waals surface area contributed by atoms with Gasteiger partial charge in [0.2, 0.25) is 0 Å². The van der Waals surface area contributed by atoms with Crippen LogP contribution in [0.2, 0.25) is 0 Å². The molecule has 9 heavy (non-hydrogen) atoms. The van der Waals surface area contributed by atoms with Crippen LogP contribution in [0, 0.1) is 0 Å². The highest BCUT2D eigenvalue weighted by atomic mass is 16.5. The molecule has 1 fully saturated rings. The first-order valence-electron chi connectivity index (χ1n) is 3.35. The van der Waals surface area contributed by atoms with Gasteiger partial charge < -0.3 is 10.5 Å². The van der Waals surface area contributed by atoms with E-state index >= 15 is 0 Å². The summed E-state index contributed by atoms with van der Waals surface area (Å²) in [7, 11) is 0. The zero-order chi connectivity index (χ0) is 6.69. The van der Waals surface area contributed by atoms with Crippen molar-refractivity contribution in [2.45, 2.75) is 19.1 Å². The van der Waals surface area contributed by atoms with Gasteiger partial charge in [0.1, 0.15) is 0 Å². The molecule has 1 rings (SSSR count). The Morgan fingerprint density at radius 2 is 2.44 bits per heavy atom. The second-order valence-electron chi connectivity index (χ2n) is 2.25.